The lowest BCUT2D eigenvalue weighted by atomic mass is 10.2. The van der Waals surface area contributed by atoms with Crippen molar-refractivity contribution in [2.24, 2.45) is 0 Å². The highest BCUT2D eigenvalue weighted by Gasteiger charge is 1.93. The van der Waals surface area contributed by atoms with Crippen LogP contribution in [0.5, 0.6) is 0 Å². The fourth-order valence-electron chi connectivity index (χ4n) is 0.371. The average molecular weight is 130 g/mol. The minimum absolute atomic E-state index is 0.122. The highest BCUT2D eigenvalue weighted by Crippen LogP contribution is 2.05. The summed E-state index contributed by atoms with van der Waals surface area (Å²) >= 11 is 0. The lowest BCUT2D eigenvalue weighted by Crippen LogP contribution is -1.86. The molecule has 2 heteroatoms. The highest BCUT2D eigenvalue weighted by molar-refractivity contribution is 7.40. The van der Waals surface area contributed by atoms with Gasteiger partial charge in [-0.05, 0) is 6.42 Å². The molecule has 0 radical (unpaired) electrons. The molecule has 0 bridgehead atoms. The highest BCUT2D eigenvalue weighted by atomic mass is 31.0. The second-order valence-electron chi connectivity index (χ2n) is 1.75. The Bertz CT molecular complexity index is 107. The number of hydrogen-bond acceptors (Lipinski definition) is 1. The molecule has 0 rings (SSSR count). The molecule has 0 heterocycles. The molecule has 8 heavy (non-hydrogen) atoms. The molecule has 0 fully saturated rings. The minimum Gasteiger partial charge on any atom is -0.295 e. The smallest absolute Gasteiger partial charge is 0.152 e. The van der Waals surface area contributed by atoms with Crippen molar-refractivity contribution in [3.63, 3.8) is 0 Å². The van der Waals surface area contributed by atoms with E-state index in [0.717, 1.165) is 12.0 Å². The summed E-state index contributed by atoms with van der Waals surface area (Å²) in [4.78, 5) is 10.3. The van der Waals surface area contributed by atoms with Crippen molar-refractivity contribution in [3.05, 3.63) is 12.2 Å². The zero-order valence-corrected chi connectivity index (χ0v) is 6.26. The van der Waals surface area contributed by atoms with Gasteiger partial charge in [0.2, 0.25) is 0 Å². The molecule has 0 saturated carbocycles. The van der Waals surface area contributed by atoms with Crippen molar-refractivity contribution >= 4 is 14.8 Å². The van der Waals surface area contributed by atoms with E-state index in [1.54, 1.807) is 0 Å². The summed E-state index contributed by atoms with van der Waals surface area (Å²) in [6.45, 7) is 5.68. The Labute approximate surface area is 52.4 Å². The number of rotatable bonds is 3. The Morgan fingerprint density at radius 1 is 1.75 bits per heavy atom. The van der Waals surface area contributed by atoms with Crippen molar-refractivity contribution in [2.45, 2.75) is 19.8 Å². The molecule has 0 aliphatic rings. The lowest BCUT2D eigenvalue weighted by molar-refractivity contribution is -0.110. The quantitative estimate of drug-likeness (QED) is 0.420. The van der Waals surface area contributed by atoms with Crippen LogP contribution in [0, 0.1) is 0 Å². The maximum atomic E-state index is 10.3. The van der Waals surface area contributed by atoms with Gasteiger partial charge in [-0.25, -0.2) is 0 Å². The van der Waals surface area contributed by atoms with E-state index in [1.807, 2.05) is 6.92 Å². The molecule has 0 aromatic heterocycles. The Balaban J connectivity index is 3.40. The third-order valence-electron chi connectivity index (χ3n) is 0.924. The van der Waals surface area contributed by atoms with Gasteiger partial charge in [0.25, 0.3) is 0 Å². The predicted octanol–water partition coefficient (Wildman–Crippen LogP) is 1.74. The number of hydrogen-bond donors (Lipinski definition) is 0. The van der Waals surface area contributed by atoms with Gasteiger partial charge in [0.1, 0.15) is 0 Å². The van der Waals surface area contributed by atoms with Crippen LogP contribution in [-0.2, 0) is 4.79 Å². The van der Waals surface area contributed by atoms with Crippen LogP contribution in [-0.4, -0.2) is 5.52 Å². The molecular formula is C6H11OP. The van der Waals surface area contributed by atoms with Gasteiger partial charge in [-0.3, -0.25) is 4.79 Å². The van der Waals surface area contributed by atoms with E-state index in [9.17, 15) is 4.79 Å². The summed E-state index contributed by atoms with van der Waals surface area (Å²) in [5, 5.41) is 0. The van der Waals surface area contributed by atoms with Crippen molar-refractivity contribution in [2.75, 3.05) is 0 Å². The van der Waals surface area contributed by atoms with Gasteiger partial charge in [-0.2, -0.15) is 0 Å². The molecule has 1 atom stereocenters. The van der Waals surface area contributed by atoms with Gasteiger partial charge >= 0.3 is 0 Å². The van der Waals surface area contributed by atoms with Gasteiger partial charge in [-0.1, -0.05) is 28.3 Å². The van der Waals surface area contributed by atoms with Crippen LogP contribution in [0.15, 0.2) is 12.2 Å². The largest absolute Gasteiger partial charge is 0.295 e. The summed E-state index contributed by atoms with van der Waals surface area (Å²) in [6.07, 6.45) is 1.42. The molecule has 0 aromatic carbocycles. The lowest BCUT2D eigenvalue weighted by Gasteiger charge is -1.93. The molecule has 1 nitrogen and oxygen atoms in total. The average Bonchev–Trinajstić information content (AvgIpc) is 1.65. The maximum absolute atomic E-state index is 10.3. The van der Waals surface area contributed by atoms with Crippen molar-refractivity contribution < 1.29 is 4.79 Å². The summed E-state index contributed by atoms with van der Waals surface area (Å²) in [5.41, 5.74) is 1.13. The van der Waals surface area contributed by atoms with Crippen molar-refractivity contribution in [3.8, 4) is 0 Å². The van der Waals surface area contributed by atoms with Crippen LogP contribution in [0.1, 0.15) is 19.8 Å². The second kappa shape index (κ2) is 3.80. The van der Waals surface area contributed by atoms with E-state index in [2.05, 4.69) is 15.8 Å². The van der Waals surface area contributed by atoms with Crippen LogP contribution in [0.4, 0.5) is 0 Å². The van der Waals surface area contributed by atoms with E-state index < -0.39 is 0 Å². The summed E-state index contributed by atoms with van der Waals surface area (Å²) in [5.74, 6) is 0. The molecule has 46 valence electrons. The van der Waals surface area contributed by atoms with Gasteiger partial charge < -0.3 is 0 Å². The molecule has 1 unspecified atom stereocenters. The monoisotopic (exact) mass is 130 g/mol. The van der Waals surface area contributed by atoms with E-state index in [1.165, 1.54) is 0 Å². The Morgan fingerprint density at radius 3 is 2.38 bits per heavy atom. The van der Waals surface area contributed by atoms with Crippen LogP contribution < -0.4 is 0 Å². The molecule has 0 N–H and O–H groups in total. The summed E-state index contributed by atoms with van der Waals surface area (Å²) in [6, 6.07) is 0. The minimum atomic E-state index is 0.122. The molecule has 0 aliphatic carbocycles. The SMILES string of the molecule is C=C(CC)CC(=O)P. The van der Waals surface area contributed by atoms with E-state index >= 15 is 0 Å². The molecule has 0 aliphatic heterocycles. The zero-order valence-electron chi connectivity index (χ0n) is 5.11. The van der Waals surface area contributed by atoms with Crippen LogP contribution >= 0.6 is 9.24 Å². The Kier molecular flexibility index (Phi) is 3.72. The summed E-state index contributed by atoms with van der Waals surface area (Å²) in [7, 11) is 2.13. The first-order chi connectivity index (χ1) is 3.66. The fraction of sp³-hybridized carbons (Fsp3) is 0.500. The van der Waals surface area contributed by atoms with E-state index in [0.29, 0.717) is 6.42 Å². The standard InChI is InChI=1S/C6H11OP/c1-3-5(2)4-6(7)8/h2-4,8H2,1H3. The third kappa shape index (κ3) is 4.01. The van der Waals surface area contributed by atoms with E-state index in [4.69, 9.17) is 0 Å². The van der Waals surface area contributed by atoms with Gasteiger partial charge in [0.15, 0.2) is 5.52 Å². The third-order valence-corrected chi connectivity index (χ3v) is 1.13. The zero-order chi connectivity index (χ0) is 6.57. The van der Waals surface area contributed by atoms with Gasteiger partial charge in [-0.15, -0.1) is 0 Å². The first-order valence-electron chi connectivity index (χ1n) is 2.61. The molecule has 0 saturated heterocycles. The summed E-state index contributed by atoms with van der Waals surface area (Å²) < 4.78 is 0. The van der Waals surface area contributed by atoms with Gasteiger partial charge in [0, 0.05) is 6.42 Å². The van der Waals surface area contributed by atoms with Crippen molar-refractivity contribution in [1.82, 2.24) is 0 Å². The van der Waals surface area contributed by atoms with Gasteiger partial charge in [0.05, 0.1) is 0 Å². The fourth-order valence-corrected chi connectivity index (χ4v) is 0.660. The molecule has 0 amide bonds. The van der Waals surface area contributed by atoms with Crippen LogP contribution in [0.25, 0.3) is 0 Å². The molecular weight excluding hydrogens is 119 g/mol. The molecule has 0 spiro atoms. The molecule has 0 aromatic rings. The van der Waals surface area contributed by atoms with Crippen molar-refractivity contribution in [1.29, 1.82) is 0 Å². The maximum Gasteiger partial charge on any atom is 0.152 e. The second-order valence-corrected chi connectivity index (χ2v) is 2.39. The normalized spacial score (nSPS) is 8.75. The first-order valence-corrected chi connectivity index (χ1v) is 3.19. The van der Waals surface area contributed by atoms with E-state index in [-0.39, 0.29) is 5.52 Å². The van der Waals surface area contributed by atoms with Crippen LogP contribution in [0.3, 0.4) is 0 Å². The Morgan fingerprint density at radius 2 is 2.25 bits per heavy atom. The number of carbonyl (C=O) groups excluding carboxylic acids is 1. The number of allylic oxidation sites excluding steroid dienone is 1. The Hall–Kier alpha value is -0.160. The number of carbonyl (C=O) groups is 1. The first kappa shape index (κ1) is 7.84. The topological polar surface area (TPSA) is 17.1 Å². The predicted molar refractivity (Wildman–Crippen MR) is 38.8 cm³/mol. The van der Waals surface area contributed by atoms with Crippen LogP contribution in [0.2, 0.25) is 0 Å².